The molecule has 1 saturated heterocycles. The lowest BCUT2D eigenvalue weighted by atomic mass is 9.90. The number of piperidine rings is 1. The van der Waals surface area contributed by atoms with Gasteiger partial charge in [0.05, 0.1) is 4.92 Å². The Labute approximate surface area is 177 Å². The van der Waals surface area contributed by atoms with E-state index in [1.165, 1.54) is 12.0 Å². The zero-order valence-corrected chi connectivity index (χ0v) is 17.3. The Morgan fingerprint density at radius 1 is 1.07 bits per heavy atom. The molecule has 2 heterocycles. The van der Waals surface area contributed by atoms with Gasteiger partial charge in [-0.3, -0.25) is 10.1 Å². The van der Waals surface area contributed by atoms with Crippen molar-refractivity contribution in [2.75, 3.05) is 29.0 Å². The number of anilines is 3. The first kappa shape index (κ1) is 20.4. The van der Waals surface area contributed by atoms with Crippen LogP contribution in [0.15, 0.2) is 30.3 Å². The molecule has 2 aromatic rings. The number of benzene rings is 1. The molecule has 0 amide bonds. The van der Waals surface area contributed by atoms with Crippen LogP contribution in [0.25, 0.3) is 0 Å². The van der Waals surface area contributed by atoms with Crippen molar-refractivity contribution in [3.05, 3.63) is 46.0 Å². The van der Waals surface area contributed by atoms with Crippen LogP contribution >= 0.6 is 0 Å². The van der Waals surface area contributed by atoms with E-state index in [0.717, 1.165) is 58.0 Å². The van der Waals surface area contributed by atoms with Gasteiger partial charge in [0, 0.05) is 19.1 Å². The molecule has 1 aliphatic carbocycles. The van der Waals surface area contributed by atoms with Crippen LogP contribution in [0.2, 0.25) is 0 Å². The van der Waals surface area contributed by atoms with Gasteiger partial charge < -0.3 is 16.0 Å². The van der Waals surface area contributed by atoms with Crippen LogP contribution in [0.3, 0.4) is 0 Å². The summed E-state index contributed by atoms with van der Waals surface area (Å²) in [6.07, 6.45) is 8.65. The van der Waals surface area contributed by atoms with E-state index < -0.39 is 4.92 Å². The number of aromatic nitrogens is 2. The first-order chi connectivity index (χ1) is 14.6. The summed E-state index contributed by atoms with van der Waals surface area (Å²) >= 11 is 0. The highest BCUT2D eigenvalue weighted by molar-refractivity contribution is 5.70. The zero-order valence-electron chi connectivity index (χ0n) is 17.3. The molecule has 1 aliphatic heterocycles. The van der Waals surface area contributed by atoms with Gasteiger partial charge in [-0.05, 0) is 43.6 Å². The lowest BCUT2D eigenvalue weighted by Crippen LogP contribution is -2.36. The van der Waals surface area contributed by atoms with Gasteiger partial charge in [0.1, 0.15) is 0 Å². The van der Waals surface area contributed by atoms with Crippen molar-refractivity contribution in [1.29, 1.82) is 0 Å². The minimum absolute atomic E-state index is 0.0604. The van der Waals surface area contributed by atoms with Crippen molar-refractivity contribution in [1.82, 2.24) is 9.97 Å². The number of nitrogens with two attached hydrogens (primary N) is 1. The van der Waals surface area contributed by atoms with E-state index in [4.69, 9.17) is 5.73 Å². The van der Waals surface area contributed by atoms with Crippen molar-refractivity contribution < 1.29 is 4.92 Å². The molecule has 8 nitrogen and oxygen atoms in total. The second-order valence-corrected chi connectivity index (χ2v) is 8.46. The van der Waals surface area contributed by atoms with Crippen molar-refractivity contribution in [3.8, 4) is 0 Å². The van der Waals surface area contributed by atoms with Gasteiger partial charge in [0.15, 0.2) is 0 Å². The maximum absolute atomic E-state index is 11.6. The highest BCUT2D eigenvalue weighted by Crippen LogP contribution is 2.33. The van der Waals surface area contributed by atoms with Gasteiger partial charge >= 0.3 is 5.69 Å². The molecule has 0 bridgehead atoms. The lowest BCUT2D eigenvalue weighted by molar-refractivity contribution is -0.383. The fourth-order valence-corrected chi connectivity index (χ4v) is 4.61. The molecule has 0 atom stereocenters. The summed E-state index contributed by atoms with van der Waals surface area (Å²) in [6, 6.07) is 10.8. The van der Waals surface area contributed by atoms with Gasteiger partial charge in [-0.2, -0.15) is 9.97 Å². The largest absolute Gasteiger partial charge is 0.378 e. The molecule has 1 aromatic heterocycles. The third-order valence-corrected chi connectivity index (χ3v) is 6.29. The van der Waals surface area contributed by atoms with Gasteiger partial charge in [-0.15, -0.1) is 0 Å². The summed E-state index contributed by atoms with van der Waals surface area (Å²) in [5.41, 5.74) is 7.17. The summed E-state index contributed by atoms with van der Waals surface area (Å²) in [6.45, 7) is 1.66. The normalized spacial score (nSPS) is 18.3. The van der Waals surface area contributed by atoms with Crippen LogP contribution < -0.4 is 16.0 Å². The van der Waals surface area contributed by atoms with Gasteiger partial charge in [0.25, 0.3) is 0 Å². The topological polar surface area (TPSA) is 110 Å². The summed E-state index contributed by atoms with van der Waals surface area (Å²) in [7, 11) is 0. The van der Waals surface area contributed by atoms with Crippen LogP contribution in [0.5, 0.6) is 0 Å². The van der Waals surface area contributed by atoms with Crippen LogP contribution in [0.1, 0.15) is 50.5 Å². The van der Waals surface area contributed by atoms with E-state index in [2.05, 4.69) is 44.5 Å². The maximum Gasteiger partial charge on any atom is 0.353 e. The Hall–Kier alpha value is -2.90. The third kappa shape index (κ3) is 4.80. The van der Waals surface area contributed by atoms with Crippen molar-refractivity contribution >= 4 is 23.3 Å². The van der Waals surface area contributed by atoms with E-state index in [0.29, 0.717) is 11.9 Å². The minimum Gasteiger partial charge on any atom is -0.378 e. The fourth-order valence-electron chi connectivity index (χ4n) is 4.61. The lowest BCUT2D eigenvalue weighted by Gasteiger charge is -2.32. The number of nitrogens with zero attached hydrogens (tertiary/aromatic N) is 4. The molecular formula is C22H30N6O2. The minimum atomic E-state index is -0.476. The van der Waals surface area contributed by atoms with E-state index in [-0.39, 0.29) is 23.4 Å². The molecular weight excluding hydrogens is 380 g/mol. The molecule has 160 valence electrons. The molecule has 1 saturated carbocycles. The summed E-state index contributed by atoms with van der Waals surface area (Å²) in [5.74, 6) is 1.32. The Bertz CT molecular complexity index is 861. The quantitative estimate of drug-likeness (QED) is 0.543. The van der Waals surface area contributed by atoms with Gasteiger partial charge in [0.2, 0.25) is 17.6 Å². The highest BCUT2D eigenvalue weighted by Gasteiger charge is 2.28. The SMILES string of the molecule is Nc1nc(N2CCC(Cc3ccccc3)CC2)nc(NC2CCCCC2)c1[N+](=O)[O-]. The molecule has 30 heavy (non-hydrogen) atoms. The molecule has 0 radical (unpaired) electrons. The van der Waals surface area contributed by atoms with Crippen LogP contribution in [0.4, 0.5) is 23.3 Å². The summed E-state index contributed by atoms with van der Waals surface area (Å²) in [4.78, 5) is 22.1. The third-order valence-electron chi connectivity index (χ3n) is 6.29. The molecule has 4 rings (SSSR count). The second kappa shape index (κ2) is 9.28. The Morgan fingerprint density at radius 2 is 1.77 bits per heavy atom. The summed E-state index contributed by atoms with van der Waals surface area (Å²) < 4.78 is 0. The first-order valence-electron chi connectivity index (χ1n) is 11.0. The summed E-state index contributed by atoms with van der Waals surface area (Å²) in [5, 5.41) is 14.9. The standard InChI is InChI=1S/C22H30N6O2/c23-20-19(28(29)30)21(24-18-9-5-2-6-10-18)26-22(25-20)27-13-11-17(12-14-27)15-16-7-3-1-4-8-16/h1,3-4,7-8,17-18H,2,5-6,9-15H2,(H3,23,24,25,26). The fraction of sp³-hybridized carbons (Fsp3) is 0.545. The number of hydrogen-bond acceptors (Lipinski definition) is 7. The number of nitrogens with one attached hydrogen (secondary N) is 1. The predicted molar refractivity (Wildman–Crippen MR) is 119 cm³/mol. The molecule has 3 N–H and O–H groups in total. The Kier molecular flexibility index (Phi) is 6.30. The van der Waals surface area contributed by atoms with E-state index in [1.807, 2.05) is 6.07 Å². The molecule has 2 fully saturated rings. The van der Waals surface area contributed by atoms with Crippen LogP contribution in [0, 0.1) is 16.0 Å². The van der Waals surface area contributed by atoms with Crippen molar-refractivity contribution in [2.45, 2.75) is 57.4 Å². The van der Waals surface area contributed by atoms with Gasteiger partial charge in [-0.1, -0.05) is 49.6 Å². The van der Waals surface area contributed by atoms with Crippen LogP contribution in [-0.2, 0) is 6.42 Å². The molecule has 1 aromatic carbocycles. The average molecular weight is 411 g/mol. The Morgan fingerprint density at radius 3 is 2.43 bits per heavy atom. The van der Waals surface area contributed by atoms with Crippen molar-refractivity contribution in [3.63, 3.8) is 0 Å². The van der Waals surface area contributed by atoms with Gasteiger partial charge in [-0.25, -0.2) is 0 Å². The number of rotatable bonds is 6. The number of hydrogen-bond donors (Lipinski definition) is 2. The van der Waals surface area contributed by atoms with E-state index >= 15 is 0 Å². The molecule has 0 unspecified atom stereocenters. The average Bonchev–Trinajstić information content (AvgIpc) is 2.75. The second-order valence-electron chi connectivity index (χ2n) is 8.46. The van der Waals surface area contributed by atoms with E-state index in [1.54, 1.807) is 0 Å². The predicted octanol–water partition coefficient (Wildman–Crippen LogP) is 4.17. The monoisotopic (exact) mass is 410 g/mol. The zero-order chi connectivity index (χ0) is 20.9. The number of nitro groups is 1. The van der Waals surface area contributed by atoms with E-state index in [9.17, 15) is 10.1 Å². The molecule has 8 heteroatoms. The maximum atomic E-state index is 11.6. The van der Waals surface area contributed by atoms with Crippen LogP contribution in [-0.4, -0.2) is 34.0 Å². The molecule has 2 aliphatic rings. The smallest absolute Gasteiger partial charge is 0.353 e. The first-order valence-corrected chi connectivity index (χ1v) is 11.0. The number of nitrogen functional groups attached to an aromatic ring is 1. The van der Waals surface area contributed by atoms with Crippen molar-refractivity contribution in [2.24, 2.45) is 5.92 Å². The highest BCUT2D eigenvalue weighted by atomic mass is 16.6. The molecule has 0 spiro atoms. The Balaban J connectivity index is 1.46.